The van der Waals surface area contributed by atoms with E-state index in [0.717, 1.165) is 34.7 Å². The number of hydrogen-bond donors (Lipinski definition) is 1. The van der Waals surface area contributed by atoms with Crippen LogP contribution in [-0.4, -0.2) is 26.4 Å². The fourth-order valence-corrected chi connectivity index (χ4v) is 2.65. The normalized spacial score (nSPS) is 11.4. The molecule has 0 saturated carbocycles. The molecule has 0 spiro atoms. The highest BCUT2D eigenvalue weighted by atomic mass is 16.5. The number of aromatic nitrogens is 4. The third kappa shape index (κ3) is 2.08. The molecule has 3 rings (SSSR count). The largest absolute Gasteiger partial charge is 0.380 e. The second-order valence-corrected chi connectivity index (χ2v) is 4.94. The van der Waals surface area contributed by atoms with E-state index >= 15 is 0 Å². The van der Waals surface area contributed by atoms with Crippen molar-refractivity contribution in [1.29, 1.82) is 0 Å². The number of methoxy groups -OCH3 is 1. The zero-order valence-electron chi connectivity index (χ0n) is 12.5. The van der Waals surface area contributed by atoms with E-state index in [1.165, 1.54) is 0 Å². The number of rotatable bonds is 4. The minimum Gasteiger partial charge on any atom is -0.380 e. The van der Waals surface area contributed by atoms with E-state index in [-0.39, 0.29) is 0 Å². The first-order valence-corrected chi connectivity index (χ1v) is 6.96. The third-order valence-corrected chi connectivity index (χ3v) is 3.57. The van der Waals surface area contributed by atoms with Crippen LogP contribution in [0.25, 0.3) is 16.9 Å². The van der Waals surface area contributed by atoms with E-state index in [0.29, 0.717) is 12.6 Å². The average molecular weight is 285 g/mol. The highest BCUT2D eigenvalue weighted by Gasteiger charge is 2.19. The van der Waals surface area contributed by atoms with Crippen LogP contribution in [0.5, 0.6) is 0 Å². The van der Waals surface area contributed by atoms with Gasteiger partial charge in [0, 0.05) is 19.2 Å². The monoisotopic (exact) mass is 285 g/mol. The quantitative estimate of drug-likeness (QED) is 0.798. The molecular formula is C15H19N5O. The van der Waals surface area contributed by atoms with Crippen molar-refractivity contribution in [1.82, 2.24) is 19.3 Å². The van der Waals surface area contributed by atoms with Crippen LogP contribution in [0.1, 0.15) is 18.2 Å². The molecule has 0 fully saturated rings. The summed E-state index contributed by atoms with van der Waals surface area (Å²) < 4.78 is 9.16. The summed E-state index contributed by atoms with van der Waals surface area (Å²) in [4.78, 5) is 4.48. The van der Waals surface area contributed by atoms with Crippen LogP contribution in [-0.2, 0) is 17.9 Å². The van der Waals surface area contributed by atoms with Crippen LogP contribution in [0.3, 0.4) is 0 Å². The Labute approximate surface area is 123 Å². The zero-order chi connectivity index (χ0) is 15.0. The molecule has 21 heavy (non-hydrogen) atoms. The number of ether oxygens (including phenoxy) is 1. The number of benzene rings is 1. The Kier molecular flexibility index (Phi) is 3.39. The number of nitrogens with zero attached hydrogens (tertiary/aromatic N) is 4. The van der Waals surface area contributed by atoms with Gasteiger partial charge < -0.3 is 10.5 Å². The van der Waals surface area contributed by atoms with E-state index < -0.39 is 0 Å². The minimum atomic E-state index is 0.469. The maximum atomic E-state index is 6.16. The second-order valence-electron chi connectivity index (χ2n) is 4.94. The lowest BCUT2D eigenvalue weighted by Crippen LogP contribution is -2.08. The fourth-order valence-electron chi connectivity index (χ4n) is 2.65. The Balaban J connectivity index is 2.32. The highest BCUT2D eigenvalue weighted by molar-refractivity contribution is 5.80. The molecule has 110 valence electrons. The number of nitrogen functional groups attached to an aromatic ring is 1. The number of para-hydroxylation sites is 1. The number of anilines is 1. The van der Waals surface area contributed by atoms with Crippen molar-refractivity contribution in [3.63, 3.8) is 0 Å². The molecule has 0 saturated heterocycles. The SMILES string of the molecule is CCn1nc(C)c2nc(N)n(-c3ccccc3COC)c21. The molecular weight excluding hydrogens is 266 g/mol. The lowest BCUT2D eigenvalue weighted by molar-refractivity contribution is 0.185. The zero-order valence-corrected chi connectivity index (χ0v) is 12.5. The lowest BCUT2D eigenvalue weighted by Gasteiger charge is -2.12. The van der Waals surface area contributed by atoms with E-state index in [2.05, 4.69) is 17.0 Å². The van der Waals surface area contributed by atoms with Crippen molar-refractivity contribution in [2.75, 3.05) is 12.8 Å². The summed E-state index contributed by atoms with van der Waals surface area (Å²) in [6, 6.07) is 8.03. The molecule has 0 unspecified atom stereocenters. The lowest BCUT2D eigenvalue weighted by atomic mass is 10.2. The van der Waals surface area contributed by atoms with E-state index in [1.807, 2.05) is 40.4 Å². The summed E-state index contributed by atoms with van der Waals surface area (Å²) >= 11 is 0. The first kappa shape index (κ1) is 13.6. The summed E-state index contributed by atoms with van der Waals surface area (Å²) in [5, 5.41) is 4.52. The molecule has 2 aromatic heterocycles. The number of aryl methyl sites for hydroxylation is 2. The van der Waals surface area contributed by atoms with Crippen LogP contribution in [0.15, 0.2) is 24.3 Å². The van der Waals surface area contributed by atoms with Crippen LogP contribution in [0, 0.1) is 6.92 Å². The molecule has 0 aliphatic carbocycles. The third-order valence-electron chi connectivity index (χ3n) is 3.57. The maximum absolute atomic E-state index is 6.16. The topological polar surface area (TPSA) is 70.9 Å². The number of imidazole rings is 1. The predicted octanol–water partition coefficient (Wildman–Crippen LogP) is 2.28. The van der Waals surface area contributed by atoms with Crippen molar-refractivity contribution >= 4 is 17.1 Å². The Bertz CT molecular complexity index is 787. The van der Waals surface area contributed by atoms with Crippen molar-refractivity contribution in [3.05, 3.63) is 35.5 Å². The van der Waals surface area contributed by atoms with Gasteiger partial charge in [-0.3, -0.25) is 4.57 Å². The fraction of sp³-hybridized carbons (Fsp3) is 0.333. The molecule has 6 nitrogen and oxygen atoms in total. The van der Waals surface area contributed by atoms with Gasteiger partial charge in [-0.15, -0.1) is 0 Å². The highest BCUT2D eigenvalue weighted by Crippen LogP contribution is 2.27. The Morgan fingerprint density at radius 1 is 1.29 bits per heavy atom. The Hall–Kier alpha value is -2.34. The maximum Gasteiger partial charge on any atom is 0.207 e. The molecule has 2 heterocycles. The van der Waals surface area contributed by atoms with Gasteiger partial charge in [-0.05, 0) is 19.9 Å². The second kappa shape index (κ2) is 5.21. The van der Waals surface area contributed by atoms with Gasteiger partial charge in [-0.2, -0.15) is 5.10 Å². The first-order chi connectivity index (χ1) is 10.2. The molecule has 6 heteroatoms. The van der Waals surface area contributed by atoms with Crippen LogP contribution in [0.4, 0.5) is 5.95 Å². The van der Waals surface area contributed by atoms with Gasteiger partial charge in [0.15, 0.2) is 5.65 Å². The summed E-state index contributed by atoms with van der Waals surface area (Å²) in [6.07, 6.45) is 0. The van der Waals surface area contributed by atoms with E-state index in [1.54, 1.807) is 7.11 Å². The Morgan fingerprint density at radius 2 is 2.05 bits per heavy atom. The molecule has 0 bridgehead atoms. The first-order valence-electron chi connectivity index (χ1n) is 6.96. The average Bonchev–Trinajstić information content (AvgIpc) is 2.97. The molecule has 0 radical (unpaired) electrons. The molecule has 0 aliphatic rings. The molecule has 0 aliphatic heterocycles. The predicted molar refractivity (Wildman–Crippen MR) is 82.4 cm³/mol. The van der Waals surface area contributed by atoms with E-state index in [9.17, 15) is 0 Å². The van der Waals surface area contributed by atoms with Gasteiger partial charge in [0.05, 0.1) is 18.0 Å². The van der Waals surface area contributed by atoms with Gasteiger partial charge in [-0.1, -0.05) is 18.2 Å². The van der Waals surface area contributed by atoms with Gasteiger partial charge in [0.25, 0.3) is 0 Å². The summed E-state index contributed by atoms with van der Waals surface area (Å²) in [5.41, 5.74) is 10.9. The number of nitrogens with two attached hydrogens (primary N) is 1. The minimum absolute atomic E-state index is 0.469. The van der Waals surface area contributed by atoms with Crippen molar-refractivity contribution in [3.8, 4) is 5.69 Å². The Morgan fingerprint density at radius 3 is 2.76 bits per heavy atom. The van der Waals surface area contributed by atoms with Crippen LogP contribution in [0.2, 0.25) is 0 Å². The summed E-state index contributed by atoms with van der Waals surface area (Å²) in [7, 11) is 1.68. The van der Waals surface area contributed by atoms with Gasteiger partial charge >= 0.3 is 0 Å². The van der Waals surface area contributed by atoms with Crippen LogP contribution < -0.4 is 5.73 Å². The van der Waals surface area contributed by atoms with Crippen molar-refractivity contribution in [2.45, 2.75) is 27.0 Å². The van der Waals surface area contributed by atoms with Crippen molar-refractivity contribution in [2.24, 2.45) is 0 Å². The molecule has 0 amide bonds. The summed E-state index contributed by atoms with van der Waals surface area (Å²) in [6.45, 7) is 5.29. The standard InChI is InChI=1S/C15H19N5O/c1-4-19-14-13(10(2)18-19)17-15(16)20(14)12-8-6-5-7-11(12)9-21-3/h5-8H,4,9H2,1-3H3,(H2,16,17). The smallest absolute Gasteiger partial charge is 0.207 e. The van der Waals surface area contributed by atoms with Crippen molar-refractivity contribution < 1.29 is 4.74 Å². The molecule has 2 N–H and O–H groups in total. The number of hydrogen-bond acceptors (Lipinski definition) is 4. The summed E-state index contributed by atoms with van der Waals surface area (Å²) in [5.74, 6) is 0.469. The van der Waals surface area contributed by atoms with Gasteiger partial charge in [0.2, 0.25) is 5.95 Å². The molecule has 1 aromatic carbocycles. The molecule has 0 atom stereocenters. The van der Waals surface area contributed by atoms with Gasteiger partial charge in [0.1, 0.15) is 5.52 Å². The van der Waals surface area contributed by atoms with E-state index in [4.69, 9.17) is 10.5 Å². The molecule has 3 aromatic rings. The number of fused-ring (bicyclic) bond motifs is 1. The van der Waals surface area contributed by atoms with Crippen LogP contribution >= 0.6 is 0 Å². The van der Waals surface area contributed by atoms with Gasteiger partial charge in [-0.25, -0.2) is 9.67 Å².